The minimum atomic E-state index is -4.61. The van der Waals surface area contributed by atoms with Gasteiger partial charge in [0.15, 0.2) is 0 Å². The molecule has 2 atom stereocenters. The van der Waals surface area contributed by atoms with Gasteiger partial charge < -0.3 is 15.4 Å². The van der Waals surface area contributed by atoms with Gasteiger partial charge in [-0.2, -0.15) is 13.5 Å². The van der Waals surface area contributed by atoms with Crippen LogP contribution in [0.3, 0.4) is 0 Å². The summed E-state index contributed by atoms with van der Waals surface area (Å²) in [5, 5.41) is 0.642. The molecule has 0 bridgehead atoms. The summed E-state index contributed by atoms with van der Waals surface area (Å²) in [5.74, 6) is -1.17. The number of nitrogens with two attached hydrogens (primary N) is 1. The highest BCUT2D eigenvalue weighted by Gasteiger charge is 2.67. The monoisotopic (exact) mass is 497 g/mol. The number of hydroxylamine groups is 2. The van der Waals surface area contributed by atoms with E-state index >= 15 is 0 Å². The van der Waals surface area contributed by atoms with Crippen molar-refractivity contribution in [2.45, 2.75) is 58.5 Å². The van der Waals surface area contributed by atoms with Gasteiger partial charge in [0.1, 0.15) is 5.54 Å². The Balaban J connectivity index is 1.53. The number of likely N-dealkylation sites (N-methyl/N-ethyl adjacent to an activating group) is 1. The maximum absolute atomic E-state index is 12.5. The van der Waals surface area contributed by atoms with Crippen LogP contribution in [0.2, 0.25) is 0 Å². The quantitative estimate of drug-likeness (QED) is 0.482. The molecule has 1 aliphatic heterocycles. The number of ether oxygens (including phenoxy) is 1. The number of aryl methyl sites for hydroxylation is 2. The van der Waals surface area contributed by atoms with Crippen LogP contribution in [0, 0.1) is 19.3 Å². The molecule has 12 heteroatoms. The third-order valence-electron chi connectivity index (χ3n) is 6.60. The number of primary amides is 1. The lowest BCUT2D eigenvalue weighted by Gasteiger charge is -2.44. The lowest BCUT2D eigenvalue weighted by Crippen LogP contribution is -2.66. The fourth-order valence-electron chi connectivity index (χ4n) is 4.29. The average molecular weight is 498 g/mol. The van der Waals surface area contributed by atoms with Crippen LogP contribution < -0.4 is 5.73 Å². The number of carbonyl (C=O) groups is 3. The number of hydrogen-bond donors (Lipinski definition) is 1. The first-order valence-corrected chi connectivity index (χ1v) is 12.2. The largest absolute Gasteiger partial charge is 0.462 e. The normalized spacial score (nSPS) is 22.4. The predicted molar refractivity (Wildman–Crippen MR) is 120 cm³/mol. The standard InChI is InChI=1S/C22H31N3O8S/c1-14-7-6-8-15(2)17(14)18(26)31-12-11-21(3,4)13-32-34(29,30)33-25-16-9-10-22(16,19(23)27)24(5)20(25)28/h6-8,16H,9-13H2,1-5H3,(H2,23,27)/t16-,22+/m1/s1. The van der Waals surface area contributed by atoms with E-state index in [1.54, 1.807) is 13.8 Å². The Morgan fingerprint density at radius 3 is 2.35 bits per heavy atom. The number of nitrogens with zero attached hydrogens (tertiary/aromatic N) is 2. The molecule has 1 aromatic rings. The first-order valence-electron chi connectivity index (χ1n) is 10.9. The maximum Gasteiger partial charge on any atom is 0.421 e. The van der Waals surface area contributed by atoms with Gasteiger partial charge in [-0.05, 0) is 49.7 Å². The van der Waals surface area contributed by atoms with Gasteiger partial charge in [-0.1, -0.05) is 32.0 Å². The van der Waals surface area contributed by atoms with Crippen molar-refractivity contribution in [3.05, 3.63) is 34.9 Å². The van der Waals surface area contributed by atoms with Gasteiger partial charge in [0.25, 0.3) is 0 Å². The molecular weight excluding hydrogens is 466 g/mol. The Morgan fingerprint density at radius 1 is 1.24 bits per heavy atom. The van der Waals surface area contributed by atoms with Crippen molar-refractivity contribution >= 4 is 28.3 Å². The second kappa shape index (κ2) is 9.16. The van der Waals surface area contributed by atoms with Gasteiger partial charge in [0.05, 0.1) is 24.8 Å². The van der Waals surface area contributed by atoms with Crippen LogP contribution in [0.15, 0.2) is 18.2 Å². The molecule has 11 nitrogen and oxygen atoms in total. The van der Waals surface area contributed by atoms with Crippen molar-refractivity contribution in [2.75, 3.05) is 20.3 Å². The highest BCUT2D eigenvalue weighted by atomic mass is 32.3. The van der Waals surface area contributed by atoms with Crippen molar-refractivity contribution in [3.63, 3.8) is 0 Å². The van der Waals surface area contributed by atoms with Crippen molar-refractivity contribution < 1.29 is 36.0 Å². The highest BCUT2D eigenvalue weighted by Crippen LogP contribution is 2.46. The Kier molecular flexibility index (Phi) is 6.98. The lowest BCUT2D eigenvalue weighted by molar-refractivity contribution is -0.140. The van der Waals surface area contributed by atoms with Gasteiger partial charge in [0, 0.05) is 7.05 Å². The summed E-state index contributed by atoms with van der Waals surface area (Å²) in [6.45, 7) is 6.92. The first kappa shape index (κ1) is 25.9. The first-order chi connectivity index (χ1) is 15.7. The smallest absolute Gasteiger partial charge is 0.421 e. The number of carbonyl (C=O) groups excluding carboxylic acids is 3. The Bertz CT molecular complexity index is 1080. The number of urea groups is 1. The highest BCUT2D eigenvalue weighted by molar-refractivity contribution is 7.81. The van der Waals surface area contributed by atoms with Crippen LogP contribution in [-0.2, 0) is 28.4 Å². The van der Waals surface area contributed by atoms with E-state index in [0.29, 0.717) is 29.9 Å². The Morgan fingerprint density at radius 2 is 1.85 bits per heavy atom. The summed E-state index contributed by atoms with van der Waals surface area (Å²) in [6, 6.07) is 3.92. The molecule has 3 amide bonds. The molecule has 0 aromatic heterocycles. The third-order valence-corrected chi connectivity index (χ3v) is 7.35. The van der Waals surface area contributed by atoms with Gasteiger partial charge >= 0.3 is 22.4 Å². The summed E-state index contributed by atoms with van der Waals surface area (Å²) in [7, 11) is -3.23. The zero-order chi connectivity index (χ0) is 25.5. The second-order valence-electron chi connectivity index (χ2n) is 9.57. The van der Waals surface area contributed by atoms with E-state index < -0.39 is 45.3 Å². The van der Waals surface area contributed by atoms with Gasteiger partial charge in [-0.25, -0.2) is 13.8 Å². The topological polar surface area (TPSA) is 146 Å². The summed E-state index contributed by atoms with van der Waals surface area (Å²) < 4.78 is 40.1. The molecule has 1 aliphatic carbocycles. The van der Waals surface area contributed by atoms with E-state index in [1.165, 1.54) is 7.05 Å². The molecule has 0 spiro atoms. The second-order valence-corrected chi connectivity index (χ2v) is 10.8. The number of rotatable bonds is 10. The van der Waals surface area contributed by atoms with Crippen LogP contribution in [0.1, 0.15) is 54.6 Å². The molecule has 2 aliphatic rings. The van der Waals surface area contributed by atoms with E-state index in [1.807, 2.05) is 32.0 Å². The van der Waals surface area contributed by atoms with E-state index in [2.05, 4.69) is 0 Å². The van der Waals surface area contributed by atoms with Crippen molar-refractivity contribution in [2.24, 2.45) is 11.1 Å². The van der Waals surface area contributed by atoms with Gasteiger partial charge in [-0.15, -0.1) is 4.28 Å². The number of fused-ring (bicyclic) bond motifs is 1. The molecule has 0 unspecified atom stereocenters. The van der Waals surface area contributed by atoms with E-state index in [4.69, 9.17) is 18.9 Å². The van der Waals surface area contributed by atoms with Crippen LogP contribution in [0.5, 0.6) is 0 Å². The molecule has 2 N–H and O–H groups in total. The minimum absolute atomic E-state index is 0.0580. The third kappa shape index (κ3) is 4.75. The Labute approximate surface area is 199 Å². The zero-order valence-electron chi connectivity index (χ0n) is 20.0. The summed E-state index contributed by atoms with van der Waals surface area (Å²) in [6.07, 6.45) is 1.01. The van der Waals surface area contributed by atoms with E-state index in [9.17, 15) is 22.8 Å². The van der Waals surface area contributed by atoms with Gasteiger partial charge in [0.2, 0.25) is 5.91 Å². The van der Waals surface area contributed by atoms with Crippen molar-refractivity contribution in [1.29, 1.82) is 0 Å². The molecule has 0 radical (unpaired) electrons. The number of amides is 3. The fourth-order valence-corrected chi connectivity index (χ4v) is 5.16. The molecule has 1 heterocycles. The van der Waals surface area contributed by atoms with Crippen molar-refractivity contribution in [1.82, 2.24) is 9.96 Å². The summed E-state index contributed by atoms with van der Waals surface area (Å²) >= 11 is 0. The molecule has 1 saturated heterocycles. The molecule has 2 fully saturated rings. The fraction of sp³-hybridized carbons (Fsp3) is 0.591. The van der Waals surface area contributed by atoms with Crippen LogP contribution in [0.4, 0.5) is 4.79 Å². The number of esters is 1. The summed E-state index contributed by atoms with van der Waals surface area (Å²) in [4.78, 5) is 37.9. The van der Waals surface area contributed by atoms with E-state index in [0.717, 1.165) is 16.0 Å². The zero-order valence-corrected chi connectivity index (χ0v) is 20.8. The average Bonchev–Trinajstić information content (AvgIpc) is 2.83. The molecule has 3 rings (SSSR count). The molecule has 188 valence electrons. The lowest BCUT2D eigenvalue weighted by atomic mass is 9.71. The van der Waals surface area contributed by atoms with Crippen molar-refractivity contribution in [3.8, 4) is 0 Å². The van der Waals surface area contributed by atoms with E-state index in [-0.39, 0.29) is 13.2 Å². The summed E-state index contributed by atoms with van der Waals surface area (Å²) in [5.41, 5.74) is 5.60. The van der Waals surface area contributed by atoms with Gasteiger partial charge in [-0.3, -0.25) is 4.79 Å². The van der Waals surface area contributed by atoms with Crippen LogP contribution >= 0.6 is 0 Å². The maximum atomic E-state index is 12.5. The SMILES string of the molecule is Cc1cccc(C)c1C(=O)OCCC(C)(C)COS(=O)(=O)ON1C(=O)N(C)[C@@]2(C(N)=O)CC[C@@H]12. The molecule has 1 saturated carbocycles. The number of hydrogen-bond acceptors (Lipinski definition) is 8. The van der Waals surface area contributed by atoms with Crippen LogP contribution in [0.25, 0.3) is 0 Å². The minimum Gasteiger partial charge on any atom is -0.462 e. The molecule has 34 heavy (non-hydrogen) atoms. The van der Waals surface area contributed by atoms with Crippen LogP contribution in [-0.4, -0.2) is 68.1 Å². The molecule has 1 aromatic carbocycles. The predicted octanol–water partition coefficient (Wildman–Crippen LogP) is 1.82. The Hall–Kier alpha value is -2.70. The number of benzene rings is 1. The molecular formula is C22H31N3O8S.